The highest BCUT2D eigenvalue weighted by molar-refractivity contribution is 8.02. The van der Waals surface area contributed by atoms with Gasteiger partial charge in [-0.3, -0.25) is 9.59 Å². The molecule has 1 amide bonds. The van der Waals surface area contributed by atoms with Crippen LogP contribution < -0.4 is 10.1 Å². The molecule has 0 unspecified atom stereocenters. The zero-order chi connectivity index (χ0) is 23.1. The van der Waals surface area contributed by atoms with E-state index in [9.17, 15) is 19.1 Å². The maximum Gasteiger partial charge on any atom is 0.319 e. The van der Waals surface area contributed by atoms with Crippen molar-refractivity contribution in [2.24, 2.45) is 0 Å². The van der Waals surface area contributed by atoms with Crippen LogP contribution in [0.5, 0.6) is 5.75 Å². The number of carboxylic acids is 1. The predicted molar refractivity (Wildman–Crippen MR) is 123 cm³/mol. The summed E-state index contributed by atoms with van der Waals surface area (Å²) >= 11 is 2.64. The minimum atomic E-state index is -0.932. The summed E-state index contributed by atoms with van der Waals surface area (Å²) in [7, 11) is 0. The van der Waals surface area contributed by atoms with Crippen LogP contribution in [0.4, 0.5) is 4.39 Å². The van der Waals surface area contributed by atoms with Crippen LogP contribution in [0.2, 0.25) is 0 Å². The van der Waals surface area contributed by atoms with Gasteiger partial charge in [0.15, 0.2) is 4.34 Å². The Balaban J connectivity index is 1.44. The van der Waals surface area contributed by atoms with E-state index in [2.05, 4.69) is 10.3 Å². The van der Waals surface area contributed by atoms with Crippen molar-refractivity contribution in [3.63, 3.8) is 0 Å². The number of aliphatic carboxylic acids is 1. The fourth-order valence-electron chi connectivity index (χ4n) is 2.57. The van der Waals surface area contributed by atoms with Gasteiger partial charge < -0.3 is 15.2 Å². The summed E-state index contributed by atoms with van der Waals surface area (Å²) in [5, 5.41) is 13.9. The predicted octanol–water partition coefficient (Wildman–Crippen LogP) is 4.79. The Morgan fingerprint density at radius 2 is 1.84 bits per heavy atom. The number of benzene rings is 2. The maximum absolute atomic E-state index is 12.9. The van der Waals surface area contributed by atoms with Crippen LogP contribution >= 0.6 is 23.1 Å². The highest BCUT2D eigenvalue weighted by Crippen LogP contribution is 2.34. The molecule has 0 aliphatic rings. The molecule has 0 saturated heterocycles. The summed E-state index contributed by atoms with van der Waals surface area (Å²) < 4.78 is 18.4. The molecule has 1 aromatic heterocycles. The Labute approximate surface area is 193 Å². The van der Waals surface area contributed by atoms with E-state index in [-0.39, 0.29) is 11.7 Å². The van der Waals surface area contributed by atoms with Crippen LogP contribution in [0.15, 0.2) is 58.3 Å². The average Bonchev–Trinajstić information content (AvgIpc) is 3.20. The number of carbonyl (C=O) groups is 2. The fourth-order valence-corrected chi connectivity index (χ4v) is 4.80. The third kappa shape index (κ3) is 6.80. The van der Waals surface area contributed by atoms with Crippen LogP contribution in [0.25, 0.3) is 0 Å². The molecular weight excluding hydrogens is 451 g/mol. The van der Waals surface area contributed by atoms with Crippen molar-refractivity contribution in [3.05, 3.63) is 76.5 Å². The third-order valence-corrected chi connectivity index (χ3v) is 6.67. The molecule has 32 heavy (non-hydrogen) atoms. The van der Waals surface area contributed by atoms with Crippen molar-refractivity contribution in [3.8, 4) is 5.75 Å². The lowest BCUT2D eigenvalue weighted by molar-refractivity contribution is -0.138. The van der Waals surface area contributed by atoms with Gasteiger partial charge >= 0.3 is 5.97 Å². The highest BCUT2D eigenvalue weighted by atomic mass is 32.2. The summed E-state index contributed by atoms with van der Waals surface area (Å²) in [6.45, 7) is 4.02. The van der Waals surface area contributed by atoms with E-state index in [1.807, 2.05) is 5.38 Å². The number of amides is 1. The number of thioether (sulfide) groups is 1. The van der Waals surface area contributed by atoms with E-state index in [4.69, 9.17) is 4.74 Å². The van der Waals surface area contributed by atoms with Gasteiger partial charge in [-0.25, -0.2) is 9.37 Å². The number of hydrogen-bond donors (Lipinski definition) is 2. The number of aromatic nitrogens is 1. The van der Waals surface area contributed by atoms with E-state index in [0.717, 1.165) is 11.3 Å². The molecule has 3 aromatic rings. The van der Waals surface area contributed by atoms with Gasteiger partial charge in [-0.05, 0) is 55.8 Å². The second-order valence-electron chi connectivity index (χ2n) is 7.45. The van der Waals surface area contributed by atoms with E-state index in [1.54, 1.807) is 50.2 Å². The molecule has 0 radical (unpaired) electrons. The molecule has 2 N–H and O–H groups in total. The van der Waals surface area contributed by atoms with E-state index < -0.39 is 10.7 Å². The quantitative estimate of drug-likeness (QED) is 0.411. The van der Waals surface area contributed by atoms with Crippen molar-refractivity contribution in [1.82, 2.24) is 10.3 Å². The monoisotopic (exact) mass is 474 g/mol. The molecule has 0 bridgehead atoms. The van der Waals surface area contributed by atoms with Gasteiger partial charge in [0.1, 0.15) is 16.3 Å². The third-order valence-electron chi connectivity index (χ3n) is 4.50. The van der Waals surface area contributed by atoms with Crippen LogP contribution in [0, 0.1) is 5.82 Å². The SMILES string of the molecule is CC(C)(Sc1nc(CCOc2ccc(C(=O)NCc3ccc(F)cc3)cc2)cs1)C(=O)O. The van der Waals surface area contributed by atoms with Gasteiger partial charge in [0.2, 0.25) is 0 Å². The number of thiazole rings is 1. The number of nitrogens with zero attached hydrogens (tertiary/aromatic N) is 1. The van der Waals surface area contributed by atoms with Crippen LogP contribution in [-0.4, -0.2) is 33.3 Å². The molecule has 168 valence electrons. The van der Waals surface area contributed by atoms with Crippen LogP contribution in [-0.2, 0) is 17.8 Å². The van der Waals surface area contributed by atoms with Gasteiger partial charge in [-0.1, -0.05) is 23.9 Å². The fraction of sp³-hybridized carbons (Fsp3) is 0.261. The average molecular weight is 475 g/mol. The van der Waals surface area contributed by atoms with Crippen LogP contribution in [0.3, 0.4) is 0 Å². The molecule has 2 aromatic carbocycles. The molecule has 0 aliphatic heterocycles. The van der Waals surface area contributed by atoms with Gasteiger partial charge in [0, 0.05) is 23.9 Å². The number of rotatable bonds is 10. The van der Waals surface area contributed by atoms with Crippen molar-refractivity contribution < 1.29 is 23.8 Å². The molecule has 0 fully saturated rings. The zero-order valence-electron chi connectivity index (χ0n) is 17.6. The zero-order valence-corrected chi connectivity index (χ0v) is 19.3. The number of ether oxygens (including phenoxy) is 1. The smallest absolute Gasteiger partial charge is 0.319 e. The molecular formula is C23H23FN2O4S2. The largest absolute Gasteiger partial charge is 0.493 e. The van der Waals surface area contributed by atoms with E-state index in [1.165, 1.54) is 35.2 Å². The van der Waals surface area contributed by atoms with Gasteiger partial charge in [-0.2, -0.15) is 0 Å². The number of nitrogens with one attached hydrogen (secondary N) is 1. The number of carboxylic acid groups (broad SMARTS) is 1. The van der Waals surface area contributed by atoms with Crippen molar-refractivity contribution >= 4 is 35.0 Å². The molecule has 6 nitrogen and oxygen atoms in total. The molecule has 0 spiro atoms. The normalized spacial score (nSPS) is 11.2. The minimum Gasteiger partial charge on any atom is -0.493 e. The summed E-state index contributed by atoms with van der Waals surface area (Å²) in [5.74, 6) is -0.781. The Kier molecular flexibility index (Phi) is 7.87. The Morgan fingerprint density at radius 1 is 1.16 bits per heavy atom. The Morgan fingerprint density at radius 3 is 2.50 bits per heavy atom. The van der Waals surface area contributed by atoms with Gasteiger partial charge in [0.05, 0.1) is 12.3 Å². The Hall–Kier alpha value is -2.91. The lowest BCUT2D eigenvalue weighted by Gasteiger charge is -2.15. The van der Waals surface area contributed by atoms with E-state index >= 15 is 0 Å². The first-order valence-electron chi connectivity index (χ1n) is 9.85. The second-order valence-corrected chi connectivity index (χ2v) is 10.2. The second kappa shape index (κ2) is 10.6. The molecule has 1 heterocycles. The standard InChI is InChI=1S/C23H23FN2O4S2/c1-23(2,21(28)29)32-22-26-18(14-31-22)11-12-30-19-9-5-16(6-10-19)20(27)25-13-15-3-7-17(24)8-4-15/h3-10,14H,11-13H2,1-2H3,(H,25,27)(H,28,29). The topological polar surface area (TPSA) is 88.5 Å². The lowest BCUT2D eigenvalue weighted by Crippen LogP contribution is -2.26. The van der Waals surface area contributed by atoms with Crippen molar-refractivity contribution in [2.75, 3.05) is 6.61 Å². The van der Waals surface area contributed by atoms with E-state index in [0.29, 0.717) is 35.2 Å². The van der Waals surface area contributed by atoms with Gasteiger partial charge in [-0.15, -0.1) is 11.3 Å². The molecule has 0 aliphatic carbocycles. The summed E-state index contributed by atoms with van der Waals surface area (Å²) in [4.78, 5) is 28.0. The number of carbonyl (C=O) groups excluding carboxylic acids is 1. The summed E-state index contributed by atoms with van der Waals surface area (Å²) in [5.41, 5.74) is 2.16. The summed E-state index contributed by atoms with van der Waals surface area (Å²) in [6, 6.07) is 12.8. The van der Waals surface area contributed by atoms with Crippen molar-refractivity contribution in [2.45, 2.75) is 35.9 Å². The first kappa shape index (κ1) is 23.7. The first-order valence-corrected chi connectivity index (χ1v) is 11.5. The molecule has 3 rings (SSSR count). The minimum absolute atomic E-state index is 0.224. The summed E-state index contributed by atoms with van der Waals surface area (Å²) in [6.07, 6.45) is 0.588. The number of hydrogen-bond acceptors (Lipinski definition) is 6. The molecule has 9 heteroatoms. The van der Waals surface area contributed by atoms with Crippen LogP contribution in [0.1, 0.15) is 35.5 Å². The highest BCUT2D eigenvalue weighted by Gasteiger charge is 2.29. The Bertz CT molecular complexity index is 1070. The molecule has 0 saturated carbocycles. The van der Waals surface area contributed by atoms with Crippen molar-refractivity contribution in [1.29, 1.82) is 0 Å². The first-order chi connectivity index (χ1) is 15.2. The van der Waals surface area contributed by atoms with Gasteiger partial charge in [0.25, 0.3) is 5.91 Å². The lowest BCUT2D eigenvalue weighted by atomic mass is 10.2. The number of halogens is 1. The maximum atomic E-state index is 12.9. The molecule has 0 atom stereocenters.